The summed E-state index contributed by atoms with van der Waals surface area (Å²) in [6.07, 6.45) is 7.03. The Morgan fingerprint density at radius 1 is 1.26 bits per heavy atom. The average Bonchev–Trinajstić information content (AvgIpc) is 3.50. The minimum absolute atomic E-state index is 0.0144. The Balaban J connectivity index is 1.48. The van der Waals surface area contributed by atoms with Crippen LogP contribution in [0.1, 0.15) is 42.5 Å². The van der Waals surface area contributed by atoms with Crippen molar-refractivity contribution < 1.29 is 27.8 Å². The Hall–Kier alpha value is -3.67. The molecule has 2 aliphatic carbocycles. The van der Waals surface area contributed by atoms with Gasteiger partial charge in [-0.05, 0) is 37.0 Å². The smallest absolute Gasteiger partial charge is 0.387 e. The van der Waals surface area contributed by atoms with Crippen molar-refractivity contribution in [3.63, 3.8) is 0 Å². The van der Waals surface area contributed by atoms with Crippen molar-refractivity contribution in [3.8, 4) is 34.6 Å². The van der Waals surface area contributed by atoms with Crippen LogP contribution < -0.4 is 14.2 Å². The first-order valence-electron chi connectivity index (χ1n) is 11.2. The second-order valence-electron chi connectivity index (χ2n) is 8.77. The fourth-order valence-electron chi connectivity index (χ4n) is 4.26. The lowest BCUT2D eigenvalue weighted by Crippen LogP contribution is -2.32. The topological polar surface area (TPSA) is 85.8 Å². The number of carbonyl (C=O) groups is 1. The number of fused-ring (bicyclic) bond motifs is 1. The van der Waals surface area contributed by atoms with Gasteiger partial charge in [-0.1, -0.05) is 0 Å². The van der Waals surface area contributed by atoms with E-state index in [4.69, 9.17) is 19.5 Å². The second-order valence-corrected chi connectivity index (χ2v) is 8.77. The van der Waals surface area contributed by atoms with Crippen LogP contribution in [0.2, 0.25) is 0 Å². The molecule has 2 heterocycles. The molecule has 0 spiro atoms. The largest absolute Gasteiger partial charge is 0.496 e. The average molecular weight is 467 g/mol. The minimum Gasteiger partial charge on any atom is -0.496 e. The molecule has 5 rings (SSSR count). The van der Waals surface area contributed by atoms with Crippen molar-refractivity contribution in [3.05, 3.63) is 42.2 Å². The summed E-state index contributed by atoms with van der Waals surface area (Å²) in [4.78, 5) is 17.3. The lowest BCUT2D eigenvalue weighted by molar-refractivity contribution is -0.0502. The minimum atomic E-state index is -3.08. The van der Waals surface area contributed by atoms with E-state index in [2.05, 4.69) is 11.1 Å². The molecule has 2 aromatic heterocycles. The zero-order valence-corrected chi connectivity index (χ0v) is 18.5. The third-order valence-corrected chi connectivity index (χ3v) is 6.31. The van der Waals surface area contributed by atoms with Gasteiger partial charge in [0.2, 0.25) is 0 Å². The maximum absolute atomic E-state index is 13.2. The first-order valence-corrected chi connectivity index (χ1v) is 11.2. The van der Waals surface area contributed by atoms with Crippen LogP contribution in [0.25, 0.3) is 16.9 Å². The third-order valence-electron chi connectivity index (χ3n) is 6.31. The summed E-state index contributed by atoms with van der Waals surface area (Å²) in [5.74, 6) is 0.692. The van der Waals surface area contributed by atoms with Crippen LogP contribution in [0, 0.1) is 23.2 Å². The van der Waals surface area contributed by atoms with E-state index in [0.29, 0.717) is 35.5 Å². The fraction of sp³-hybridized carbons (Fsp3) is 0.400. The molecule has 0 aliphatic heterocycles. The van der Waals surface area contributed by atoms with Crippen LogP contribution >= 0.6 is 0 Å². The van der Waals surface area contributed by atoms with Crippen molar-refractivity contribution >= 4 is 11.4 Å². The second kappa shape index (κ2) is 8.93. The summed E-state index contributed by atoms with van der Waals surface area (Å²) in [7, 11) is 1.40. The molecule has 0 unspecified atom stereocenters. The molecule has 1 aromatic carbocycles. The van der Waals surface area contributed by atoms with Crippen molar-refractivity contribution in [1.29, 1.82) is 5.26 Å². The van der Waals surface area contributed by atoms with Gasteiger partial charge in [-0.25, -0.2) is 4.98 Å². The Morgan fingerprint density at radius 3 is 2.71 bits per heavy atom. The van der Waals surface area contributed by atoms with Gasteiger partial charge in [-0.2, -0.15) is 14.0 Å². The van der Waals surface area contributed by atoms with E-state index in [-0.39, 0.29) is 47.2 Å². The molecule has 3 aromatic rings. The molecule has 7 nitrogen and oxygen atoms in total. The molecule has 0 radical (unpaired) electrons. The number of nitriles is 1. The molecule has 176 valence electrons. The quantitative estimate of drug-likeness (QED) is 0.398. The zero-order chi connectivity index (χ0) is 23.8. The van der Waals surface area contributed by atoms with Gasteiger partial charge in [0, 0.05) is 37.1 Å². The number of hydrogen-bond acceptors (Lipinski definition) is 6. The van der Waals surface area contributed by atoms with E-state index in [0.717, 1.165) is 12.8 Å². The molecule has 2 saturated carbocycles. The lowest BCUT2D eigenvalue weighted by atomic mass is 9.83. The van der Waals surface area contributed by atoms with Gasteiger partial charge in [-0.15, -0.1) is 0 Å². The molecule has 9 heteroatoms. The number of alkyl halides is 2. The summed E-state index contributed by atoms with van der Waals surface area (Å²) in [6.45, 7) is -3.08. The van der Waals surface area contributed by atoms with E-state index in [1.54, 1.807) is 35.0 Å². The molecule has 0 N–H and O–H groups in total. The molecule has 34 heavy (non-hydrogen) atoms. The number of rotatable bonds is 9. The van der Waals surface area contributed by atoms with E-state index in [1.807, 2.05) is 0 Å². The Morgan fingerprint density at radius 2 is 2.03 bits per heavy atom. The number of benzene rings is 1. The number of ether oxygens (including phenoxy) is 3. The molecule has 0 atom stereocenters. The summed E-state index contributed by atoms with van der Waals surface area (Å²) in [6, 6.07) is 8.88. The maximum Gasteiger partial charge on any atom is 0.387 e. The Kier molecular flexibility index (Phi) is 5.82. The van der Waals surface area contributed by atoms with Crippen molar-refractivity contribution in [2.45, 2.75) is 44.8 Å². The monoisotopic (exact) mass is 467 g/mol. The summed E-state index contributed by atoms with van der Waals surface area (Å²) >= 11 is 0. The number of ketones is 1. The number of aromatic nitrogens is 2. The summed E-state index contributed by atoms with van der Waals surface area (Å²) in [5.41, 5.74) is 1.79. The first-order chi connectivity index (χ1) is 16.4. The van der Waals surface area contributed by atoms with Crippen LogP contribution in [0.4, 0.5) is 8.78 Å². The maximum atomic E-state index is 13.2. The fourth-order valence-corrected chi connectivity index (χ4v) is 4.26. The number of methoxy groups -OCH3 is 1. The predicted molar refractivity (Wildman–Crippen MR) is 118 cm³/mol. The van der Waals surface area contributed by atoms with Crippen molar-refractivity contribution in [2.24, 2.45) is 11.8 Å². The number of nitrogens with zero attached hydrogens (tertiary/aromatic N) is 3. The zero-order valence-electron chi connectivity index (χ0n) is 18.5. The van der Waals surface area contributed by atoms with Gasteiger partial charge in [0.05, 0.1) is 31.0 Å². The Labute approximate surface area is 194 Å². The lowest BCUT2D eigenvalue weighted by Gasteiger charge is -2.30. The summed E-state index contributed by atoms with van der Waals surface area (Å²) < 4.78 is 44.3. The number of carbonyl (C=O) groups excluding carboxylic acids is 1. The molecule has 2 aliphatic rings. The van der Waals surface area contributed by atoms with E-state index in [1.165, 1.54) is 13.2 Å². The number of pyridine rings is 1. The van der Waals surface area contributed by atoms with Gasteiger partial charge in [0.15, 0.2) is 5.78 Å². The SMILES string of the molecule is COc1cc(-c2cnc3cc(OC4CC(C#N)C4)ccn23)cc(OC(F)F)c1C(=O)CC1CC1. The standard InChI is InChI=1S/C25H23F2N3O4/c1-32-21-9-16(10-22(34-25(26)27)24(21)20(31)8-14-2-3-14)19-13-29-23-11-17(4-5-30(19)23)33-18-6-15(7-18)12-28/h4-5,9-11,13-15,18,25H,2-3,6-8H2,1H3. The molecule has 2 fully saturated rings. The van der Waals surface area contributed by atoms with E-state index in [9.17, 15) is 13.6 Å². The molecule has 0 saturated heterocycles. The van der Waals surface area contributed by atoms with Gasteiger partial charge in [0.25, 0.3) is 0 Å². The third kappa shape index (κ3) is 4.40. The van der Waals surface area contributed by atoms with E-state index >= 15 is 0 Å². The highest BCUT2D eigenvalue weighted by Gasteiger charge is 2.31. The highest BCUT2D eigenvalue weighted by molar-refractivity contribution is 6.02. The van der Waals surface area contributed by atoms with Gasteiger partial charge in [-0.3, -0.25) is 9.20 Å². The highest BCUT2D eigenvalue weighted by atomic mass is 19.3. The normalized spacial score (nSPS) is 19.5. The van der Waals surface area contributed by atoms with Crippen molar-refractivity contribution in [2.75, 3.05) is 7.11 Å². The number of hydrogen-bond donors (Lipinski definition) is 0. The first kappa shape index (κ1) is 22.1. The predicted octanol–water partition coefficient (Wildman–Crippen LogP) is 5.28. The van der Waals surface area contributed by atoms with Crippen LogP contribution in [0.5, 0.6) is 17.2 Å². The van der Waals surface area contributed by atoms with Crippen LogP contribution in [-0.4, -0.2) is 35.0 Å². The van der Waals surface area contributed by atoms with Gasteiger partial charge < -0.3 is 14.2 Å². The molecular formula is C25H23F2N3O4. The van der Waals surface area contributed by atoms with Crippen LogP contribution in [-0.2, 0) is 0 Å². The van der Waals surface area contributed by atoms with E-state index < -0.39 is 6.61 Å². The highest BCUT2D eigenvalue weighted by Crippen LogP contribution is 2.40. The van der Waals surface area contributed by atoms with Gasteiger partial charge in [0.1, 0.15) is 34.6 Å². The van der Waals surface area contributed by atoms with Crippen LogP contribution in [0.3, 0.4) is 0 Å². The number of Topliss-reactive ketones (excluding diaryl/α,β-unsaturated/α-hetero) is 1. The molecule has 0 bridgehead atoms. The number of halogens is 2. The molecular weight excluding hydrogens is 444 g/mol. The summed E-state index contributed by atoms with van der Waals surface area (Å²) in [5, 5.41) is 8.92. The Bertz CT molecular complexity index is 1270. The van der Waals surface area contributed by atoms with Gasteiger partial charge >= 0.3 is 6.61 Å². The number of imidazole rings is 1. The van der Waals surface area contributed by atoms with Crippen LogP contribution in [0.15, 0.2) is 36.7 Å². The van der Waals surface area contributed by atoms with Crippen molar-refractivity contribution in [1.82, 2.24) is 9.38 Å². The molecule has 0 amide bonds.